The van der Waals surface area contributed by atoms with Crippen molar-refractivity contribution in [2.45, 2.75) is 31.0 Å². The van der Waals surface area contributed by atoms with E-state index in [1.165, 1.54) is 4.90 Å². The Kier molecular flexibility index (Phi) is 5.95. The molecule has 0 aromatic heterocycles. The summed E-state index contributed by atoms with van der Waals surface area (Å²) in [5.41, 5.74) is -1.95. The van der Waals surface area contributed by atoms with Gasteiger partial charge in [-0.1, -0.05) is 11.6 Å². The zero-order chi connectivity index (χ0) is 23.2. The molecule has 2 aromatic rings. The third kappa shape index (κ3) is 4.10. The summed E-state index contributed by atoms with van der Waals surface area (Å²) in [6, 6.07) is 2.56. The number of aliphatic hydroxyl groups excluding tert-OH is 1. The van der Waals surface area contributed by atoms with E-state index < -0.39 is 47.5 Å². The molecule has 2 atom stereocenters. The van der Waals surface area contributed by atoms with E-state index >= 15 is 0 Å². The number of carbonyl (C=O) groups is 1. The lowest BCUT2D eigenvalue weighted by Gasteiger charge is -2.42. The molecule has 0 unspecified atom stereocenters. The average molecular weight is 475 g/mol. The Balaban J connectivity index is 1.50. The second-order valence-corrected chi connectivity index (χ2v) is 8.30. The molecule has 3 N–H and O–H groups in total. The van der Waals surface area contributed by atoms with E-state index in [4.69, 9.17) is 16.3 Å². The molecular weight excluding hydrogens is 456 g/mol. The fourth-order valence-corrected chi connectivity index (χ4v) is 4.05. The SMILES string of the molecule is O=C1CCc2c(OC[C@]3(O)CCN(c4cc(F)c(Cl)cc4F)C[C@H]3O)cc(F)c(F)c2N1. The van der Waals surface area contributed by atoms with E-state index in [1.54, 1.807) is 0 Å². The Morgan fingerprint density at radius 2 is 1.91 bits per heavy atom. The number of ether oxygens (including phenoxy) is 1. The third-order valence-corrected chi connectivity index (χ3v) is 6.08. The molecule has 2 heterocycles. The maximum absolute atomic E-state index is 14.2. The van der Waals surface area contributed by atoms with Crippen LogP contribution in [0.5, 0.6) is 5.75 Å². The van der Waals surface area contributed by atoms with Gasteiger partial charge in [0.25, 0.3) is 0 Å². The van der Waals surface area contributed by atoms with Gasteiger partial charge in [0.05, 0.1) is 16.4 Å². The minimum absolute atomic E-state index is 0.0551. The maximum atomic E-state index is 14.2. The Hall–Kier alpha value is -2.56. The number of hydrogen-bond donors (Lipinski definition) is 3. The lowest BCUT2D eigenvalue weighted by molar-refractivity contribution is -0.116. The van der Waals surface area contributed by atoms with Gasteiger partial charge in [0, 0.05) is 37.2 Å². The van der Waals surface area contributed by atoms with Crippen molar-refractivity contribution >= 4 is 28.9 Å². The van der Waals surface area contributed by atoms with Gasteiger partial charge in [0.1, 0.15) is 35.7 Å². The third-order valence-electron chi connectivity index (χ3n) is 5.79. The van der Waals surface area contributed by atoms with Gasteiger partial charge in [0.15, 0.2) is 11.6 Å². The largest absolute Gasteiger partial charge is 0.490 e. The summed E-state index contributed by atoms with van der Waals surface area (Å²) >= 11 is 5.56. The molecule has 32 heavy (non-hydrogen) atoms. The maximum Gasteiger partial charge on any atom is 0.224 e. The number of aliphatic hydroxyl groups is 2. The van der Waals surface area contributed by atoms with Gasteiger partial charge >= 0.3 is 0 Å². The number of carbonyl (C=O) groups excluding carboxylic acids is 1. The Bertz CT molecular complexity index is 1090. The van der Waals surface area contributed by atoms with Crippen molar-refractivity contribution in [2.75, 3.05) is 29.9 Å². The zero-order valence-corrected chi connectivity index (χ0v) is 17.4. The molecule has 0 spiro atoms. The number of nitrogens with zero attached hydrogens (tertiary/aromatic N) is 1. The molecule has 2 aromatic carbocycles. The van der Waals surface area contributed by atoms with Gasteiger partial charge in [-0.15, -0.1) is 0 Å². The molecule has 0 radical (unpaired) electrons. The van der Waals surface area contributed by atoms with Crippen molar-refractivity contribution in [3.8, 4) is 5.75 Å². The molecule has 6 nitrogen and oxygen atoms in total. The smallest absolute Gasteiger partial charge is 0.224 e. The molecule has 1 amide bonds. The minimum Gasteiger partial charge on any atom is -0.490 e. The second kappa shape index (κ2) is 8.42. The number of nitrogens with one attached hydrogen (secondary N) is 1. The van der Waals surface area contributed by atoms with E-state index in [1.807, 2.05) is 0 Å². The van der Waals surface area contributed by atoms with E-state index in [9.17, 15) is 32.6 Å². The summed E-state index contributed by atoms with van der Waals surface area (Å²) in [6.45, 7) is -0.643. The van der Waals surface area contributed by atoms with Gasteiger partial charge in [0.2, 0.25) is 5.91 Å². The fraction of sp³-hybridized carbons (Fsp3) is 0.381. The van der Waals surface area contributed by atoms with Gasteiger partial charge in [-0.3, -0.25) is 4.79 Å². The van der Waals surface area contributed by atoms with Crippen LogP contribution in [0, 0.1) is 23.3 Å². The normalized spacial score (nSPS) is 23.0. The summed E-state index contributed by atoms with van der Waals surface area (Å²) in [7, 11) is 0. The van der Waals surface area contributed by atoms with Crippen LogP contribution in [0.2, 0.25) is 5.02 Å². The average Bonchev–Trinajstić information content (AvgIpc) is 2.74. The Morgan fingerprint density at radius 1 is 1.16 bits per heavy atom. The number of anilines is 2. The van der Waals surface area contributed by atoms with Crippen molar-refractivity contribution in [1.29, 1.82) is 0 Å². The highest BCUT2D eigenvalue weighted by Gasteiger charge is 2.42. The number of rotatable bonds is 4. The molecule has 0 saturated carbocycles. The number of fused-ring (bicyclic) bond motifs is 1. The molecular formula is C21H19ClF4N2O4. The molecule has 11 heteroatoms. The van der Waals surface area contributed by atoms with Crippen LogP contribution in [0.3, 0.4) is 0 Å². The van der Waals surface area contributed by atoms with Crippen molar-refractivity contribution in [3.05, 3.63) is 52.1 Å². The van der Waals surface area contributed by atoms with Crippen molar-refractivity contribution in [2.24, 2.45) is 0 Å². The van der Waals surface area contributed by atoms with Crippen LogP contribution in [0.1, 0.15) is 18.4 Å². The predicted octanol–water partition coefficient (Wildman–Crippen LogP) is 3.16. The topological polar surface area (TPSA) is 82.0 Å². The highest BCUT2D eigenvalue weighted by Crippen LogP contribution is 2.37. The van der Waals surface area contributed by atoms with Crippen LogP contribution in [-0.4, -0.2) is 47.5 Å². The summed E-state index contributed by atoms with van der Waals surface area (Å²) in [4.78, 5) is 12.9. The van der Waals surface area contributed by atoms with E-state index in [2.05, 4.69) is 5.32 Å². The standard InChI is InChI=1S/C21H19ClF4N2O4/c22-11-5-13(24)15(6-12(11)23)28-4-3-21(31,17(29)8-28)9-32-16-7-14(25)19(26)20-10(16)1-2-18(30)27-20/h5-7,17,29,31H,1-4,8-9H2,(H,27,30)/t17-,21-/m1/s1. The van der Waals surface area contributed by atoms with Crippen molar-refractivity contribution < 1.29 is 37.3 Å². The monoisotopic (exact) mass is 474 g/mol. The predicted molar refractivity (Wildman–Crippen MR) is 108 cm³/mol. The summed E-state index contributed by atoms with van der Waals surface area (Å²) < 4.78 is 61.5. The molecule has 2 aliphatic heterocycles. The molecule has 4 rings (SSSR count). The van der Waals surface area contributed by atoms with Crippen LogP contribution in [0.15, 0.2) is 18.2 Å². The molecule has 1 fully saturated rings. The van der Waals surface area contributed by atoms with Gasteiger partial charge in [-0.05, 0) is 18.9 Å². The van der Waals surface area contributed by atoms with Crippen LogP contribution in [0.25, 0.3) is 0 Å². The minimum atomic E-state index is -1.78. The van der Waals surface area contributed by atoms with Crippen LogP contribution < -0.4 is 15.0 Å². The summed E-state index contributed by atoms with van der Waals surface area (Å²) in [5.74, 6) is -4.56. The van der Waals surface area contributed by atoms with Gasteiger partial charge in [-0.25, -0.2) is 17.6 Å². The number of amides is 1. The zero-order valence-electron chi connectivity index (χ0n) is 16.6. The molecule has 1 saturated heterocycles. The number of hydrogen-bond acceptors (Lipinski definition) is 5. The van der Waals surface area contributed by atoms with Gasteiger partial charge in [-0.2, -0.15) is 0 Å². The lowest BCUT2D eigenvalue weighted by atomic mass is 9.89. The quantitative estimate of drug-likeness (QED) is 0.468. The van der Waals surface area contributed by atoms with Crippen LogP contribution in [-0.2, 0) is 11.2 Å². The Morgan fingerprint density at radius 3 is 2.62 bits per heavy atom. The first kappa shape index (κ1) is 22.6. The van der Waals surface area contributed by atoms with E-state index in [0.29, 0.717) is 0 Å². The first-order valence-corrected chi connectivity index (χ1v) is 10.2. The van der Waals surface area contributed by atoms with E-state index in [0.717, 1.165) is 18.2 Å². The summed E-state index contributed by atoms with van der Waals surface area (Å²) in [5, 5.41) is 23.3. The number of halogens is 5. The van der Waals surface area contributed by atoms with Crippen molar-refractivity contribution in [3.63, 3.8) is 0 Å². The highest BCUT2D eigenvalue weighted by molar-refractivity contribution is 6.30. The Labute approximate surface area is 185 Å². The number of benzene rings is 2. The van der Waals surface area contributed by atoms with Crippen LogP contribution in [0.4, 0.5) is 28.9 Å². The van der Waals surface area contributed by atoms with Crippen LogP contribution >= 0.6 is 11.6 Å². The van der Waals surface area contributed by atoms with Gasteiger partial charge < -0.3 is 25.2 Å². The molecule has 172 valence electrons. The highest BCUT2D eigenvalue weighted by atomic mass is 35.5. The van der Waals surface area contributed by atoms with E-state index in [-0.39, 0.29) is 60.1 Å². The molecule has 0 aliphatic carbocycles. The summed E-state index contributed by atoms with van der Waals surface area (Å²) in [6.07, 6.45) is -1.33. The first-order valence-electron chi connectivity index (χ1n) is 9.82. The second-order valence-electron chi connectivity index (χ2n) is 7.89. The fourth-order valence-electron chi connectivity index (χ4n) is 3.90. The lowest BCUT2D eigenvalue weighted by Crippen LogP contribution is -2.58. The first-order chi connectivity index (χ1) is 15.1. The molecule has 0 bridgehead atoms. The number of β-amino-alcohol motifs (C(OH)–C–C–N with tert-alkyl or cyclic N) is 1. The van der Waals surface area contributed by atoms with Crippen molar-refractivity contribution in [1.82, 2.24) is 0 Å². The molecule has 2 aliphatic rings. The number of piperidine rings is 1.